The summed E-state index contributed by atoms with van der Waals surface area (Å²) in [5, 5.41) is 0. The molecule has 0 fully saturated rings. The average molecular weight is 385 g/mol. The third-order valence-electron chi connectivity index (χ3n) is 5.01. The van der Waals surface area contributed by atoms with Gasteiger partial charge in [0, 0.05) is 31.2 Å². The Morgan fingerprint density at radius 3 is 2.59 bits per heavy atom. The molecule has 3 aromatic rings. The Morgan fingerprint density at radius 1 is 1.15 bits per heavy atom. The average Bonchev–Trinajstić information content (AvgIpc) is 2.97. The maximum atomic E-state index is 12.0. The fraction of sp³-hybridized carbons (Fsp3) is 0.421. The fourth-order valence-corrected chi connectivity index (χ4v) is 4.40. The molecule has 27 heavy (non-hydrogen) atoms. The maximum absolute atomic E-state index is 12.0. The third kappa shape index (κ3) is 3.07. The molecule has 1 atom stereocenters. The highest BCUT2D eigenvalue weighted by atomic mass is 32.2. The quantitative estimate of drug-likeness (QED) is 0.690. The lowest BCUT2D eigenvalue weighted by Gasteiger charge is -2.38. The molecule has 4 rings (SSSR count). The van der Waals surface area contributed by atoms with Gasteiger partial charge in [-0.2, -0.15) is 0 Å². The van der Waals surface area contributed by atoms with Crippen molar-refractivity contribution in [1.29, 1.82) is 0 Å². The zero-order chi connectivity index (χ0) is 19.3. The molecular formula is C19H23N5O2S. The van der Waals surface area contributed by atoms with Crippen molar-refractivity contribution >= 4 is 26.8 Å². The lowest BCUT2D eigenvalue weighted by atomic mass is 10.00. The molecule has 0 aliphatic carbocycles. The Balaban J connectivity index is 1.87. The minimum absolute atomic E-state index is 0.0228. The van der Waals surface area contributed by atoms with Gasteiger partial charge in [-0.3, -0.25) is 0 Å². The minimum atomic E-state index is -3.26. The first kappa shape index (κ1) is 17.9. The van der Waals surface area contributed by atoms with Crippen LogP contribution in [0.15, 0.2) is 35.4 Å². The number of anilines is 1. The van der Waals surface area contributed by atoms with E-state index in [2.05, 4.69) is 33.3 Å². The van der Waals surface area contributed by atoms with E-state index in [4.69, 9.17) is 4.98 Å². The van der Waals surface area contributed by atoms with Gasteiger partial charge in [0.05, 0.1) is 22.0 Å². The van der Waals surface area contributed by atoms with Crippen LogP contribution in [0.2, 0.25) is 0 Å². The number of rotatable bonds is 3. The smallest absolute Gasteiger partial charge is 0.226 e. The zero-order valence-electron chi connectivity index (χ0n) is 15.9. The van der Waals surface area contributed by atoms with Gasteiger partial charge in [0.15, 0.2) is 9.84 Å². The monoisotopic (exact) mass is 385 g/mol. The number of hydrogen-bond donors (Lipinski definition) is 0. The zero-order valence-corrected chi connectivity index (χ0v) is 16.7. The second-order valence-corrected chi connectivity index (χ2v) is 9.44. The van der Waals surface area contributed by atoms with Gasteiger partial charge in [-0.25, -0.2) is 23.4 Å². The highest BCUT2D eigenvalue weighted by Crippen LogP contribution is 2.36. The molecule has 0 saturated heterocycles. The first-order chi connectivity index (χ1) is 12.8. The van der Waals surface area contributed by atoms with Crippen molar-refractivity contribution in [1.82, 2.24) is 19.5 Å². The summed E-state index contributed by atoms with van der Waals surface area (Å²) in [4.78, 5) is 16.4. The van der Waals surface area contributed by atoms with Gasteiger partial charge in [0.2, 0.25) is 5.95 Å². The van der Waals surface area contributed by atoms with Crippen LogP contribution in [0.3, 0.4) is 0 Å². The molecule has 3 heterocycles. The van der Waals surface area contributed by atoms with Gasteiger partial charge >= 0.3 is 0 Å². The molecule has 0 spiro atoms. The molecule has 1 aromatic carbocycles. The summed E-state index contributed by atoms with van der Waals surface area (Å²) in [5.41, 5.74) is 2.61. The van der Waals surface area contributed by atoms with Crippen LogP contribution in [0.1, 0.15) is 31.4 Å². The molecule has 0 bridgehead atoms. The van der Waals surface area contributed by atoms with Gasteiger partial charge in [-0.15, -0.1) is 0 Å². The molecule has 0 N–H and O–H groups in total. The van der Waals surface area contributed by atoms with Gasteiger partial charge in [0.25, 0.3) is 0 Å². The maximum Gasteiger partial charge on any atom is 0.226 e. The van der Waals surface area contributed by atoms with Crippen molar-refractivity contribution in [3.05, 3.63) is 42.0 Å². The normalized spacial score (nSPS) is 17.5. The van der Waals surface area contributed by atoms with Crippen LogP contribution in [0.25, 0.3) is 11.0 Å². The predicted octanol–water partition coefficient (Wildman–Crippen LogP) is 2.76. The van der Waals surface area contributed by atoms with Crippen LogP contribution in [-0.4, -0.2) is 40.7 Å². The number of hydrogen-bond acceptors (Lipinski definition) is 6. The first-order valence-corrected chi connectivity index (χ1v) is 10.9. The lowest BCUT2D eigenvalue weighted by Crippen LogP contribution is -2.41. The standard InChI is InChI=1S/C19H23N5O2S/c1-12(2)17-18-22-15-6-5-14(27(4,25)26)11-16(15)23(18)9-10-24(17)19-20-8-7-13(3)21-19/h5-8,11-12,17H,9-10H2,1-4H3/t17-/m1/s1. The van der Waals surface area contributed by atoms with Crippen LogP contribution < -0.4 is 4.90 Å². The minimum Gasteiger partial charge on any atom is -0.329 e. The third-order valence-corrected chi connectivity index (χ3v) is 6.12. The van der Waals surface area contributed by atoms with Crippen LogP contribution in [0.5, 0.6) is 0 Å². The topological polar surface area (TPSA) is 81.0 Å². The van der Waals surface area contributed by atoms with Gasteiger partial charge in [-0.1, -0.05) is 13.8 Å². The Hall–Kier alpha value is -2.48. The molecule has 0 saturated carbocycles. The van der Waals surface area contributed by atoms with E-state index in [0.29, 0.717) is 23.3 Å². The number of benzene rings is 1. The Labute approximate surface area is 159 Å². The number of sulfone groups is 1. The number of fused-ring (bicyclic) bond motifs is 3. The Morgan fingerprint density at radius 2 is 1.93 bits per heavy atom. The summed E-state index contributed by atoms with van der Waals surface area (Å²) in [6.07, 6.45) is 3.01. The second kappa shape index (κ2) is 6.30. The first-order valence-electron chi connectivity index (χ1n) is 9.02. The number of nitrogens with zero attached hydrogens (tertiary/aromatic N) is 5. The second-order valence-electron chi connectivity index (χ2n) is 7.42. The van der Waals surface area contributed by atoms with E-state index in [1.165, 1.54) is 6.26 Å². The largest absolute Gasteiger partial charge is 0.329 e. The van der Waals surface area contributed by atoms with Crippen LogP contribution in [0.4, 0.5) is 5.95 Å². The highest BCUT2D eigenvalue weighted by Gasteiger charge is 2.34. The van der Waals surface area contributed by atoms with E-state index in [9.17, 15) is 8.42 Å². The van der Waals surface area contributed by atoms with Crippen LogP contribution >= 0.6 is 0 Å². The fourth-order valence-electron chi connectivity index (χ4n) is 3.76. The SMILES string of the molecule is Cc1ccnc(N2CCn3c(nc4ccc(S(C)(=O)=O)cc43)[C@H]2C(C)C)n1. The van der Waals surface area contributed by atoms with Gasteiger partial charge < -0.3 is 9.47 Å². The molecule has 2 aromatic heterocycles. The van der Waals surface area contributed by atoms with E-state index in [-0.39, 0.29) is 6.04 Å². The number of imidazole rings is 1. The van der Waals surface area contributed by atoms with E-state index in [0.717, 1.165) is 29.1 Å². The van der Waals surface area contributed by atoms with E-state index >= 15 is 0 Å². The van der Waals surface area contributed by atoms with Crippen molar-refractivity contribution in [2.75, 3.05) is 17.7 Å². The molecule has 142 valence electrons. The van der Waals surface area contributed by atoms with Crippen molar-refractivity contribution in [3.63, 3.8) is 0 Å². The number of aromatic nitrogens is 4. The van der Waals surface area contributed by atoms with E-state index in [1.54, 1.807) is 24.4 Å². The molecular weight excluding hydrogens is 362 g/mol. The molecule has 0 radical (unpaired) electrons. The summed E-state index contributed by atoms with van der Waals surface area (Å²) in [5.74, 6) is 1.94. The Bertz CT molecular complexity index is 1120. The van der Waals surface area contributed by atoms with Crippen molar-refractivity contribution in [3.8, 4) is 0 Å². The van der Waals surface area contributed by atoms with E-state index < -0.39 is 9.84 Å². The van der Waals surface area contributed by atoms with Crippen LogP contribution in [0, 0.1) is 12.8 Å². The van der Waals surface area contributed by atoms with Crippen molar-refractivity contribution in [2.45, 2.75) is 38.3 Å². The predicted molar refractivity (Wildman–Crippen MR) is 105 cm³/mol. The van der Waals surface area contributed by atoms with E-state index in [1.807, 2.05) is 13.0 Å². The number of aryl methyl sites for hydroxylation is 1. The van der Waals surface area contributed by atoms with Crippen LogP contribution in [-0.2, 0) is 16.4 Å². The summed E-state index contributed by atoms with van der Waals surface area (Å²) >= 11 is 0. The van der Waals surface area contributed by atoms with Crippen molar-refractivity contribution in [2.24, 2.45) is 5.92 Å². The van der Waals surface area contributed by atoms with Gasteiger partial charge in [-0.05, 0) is 37.1 Å². The summed E-state index contributed by atoms with van der Waals surface area (Å²) in [7, 11) is -3.26. The highest BCUT2D eigenvalue weighted by molar-refractivity contribution is 7.90. The van der Waals surface area contributed by atoms with Crippen molar-refractivity contribution < 1.29 is 8.42 Å². The van der Waals surface area contributed by atoms with Gasteiger partial charge in [0.1, 0.15) is 5.82 Å². The summed E-state index contributed by atoms with van der Waals surface area (Å²) in [6, 6.07) is 7.07. The summed E-state index contributed by atoms with van der Waals surface area (Å²) < 4.78 is 26.0. The molecule has 1 aliphatic rings. The molecule has 8 heteroatoms. The molecule has 7 nitrogen and oxygen atoms in total. The molecule has 0 unspecified atom stereocenters. The molecule has 1 aliphatic heterocycles. The Kier molecular flexibility index (Phi) is 4.18. The summed E-state index contributed by atoms with van der Waals surface area (Å²) in [6.45, 7) is 7.73. The molecule has 0 amide bonds. The lowest BCUT2D eigenvalue weighted by molar-refractivity contribution is 0.387.